The first-order chi connectivity index (χ1) is 7.22. The summed E-state index contributed by atoms with van der Waals surface area (Å²) < 4.78 is 3.69. The van der Waals surface area contributed by atoms with Crippen LogP contribution in [-0.2, 0) is 4.79 Å². The monoisotopic (exact) mass is 268 g/mol. The lowest BCUT2D eigenvalue weighted by Gasteiger charge is -1.93. The van der Waals surface area contributed by atoms with Crippen molar-refractivity contribution in [3.8, 4) is 0 Å². The summed E-state index contributed by atoms with van der Waals surface area (Å²) in [5, 5.41) is 5.22. The highest BCUT2D eigenvalue weighted by Gasteiger charge is 1.94. The maximum atomic E-state index is 9.66. The molecule has 6 heteroatoms. The summed E-state index contributed by atoms with van der Waals surface area (Å²) >= 11 is 12.1. The first-order valence-corrected chi connectivity index (χ1v) is 6.24. The number of unbranched alkanes of at least 4 members (excludes halogenated alkanes) is 2. The van der Waals surface area contributed by atoms with E-state index in [0.717, 1.165) is 19.4 Å². The second-order valence-corrected chi connectivity index (χ2v) is 4.13. The SMILES string of the molecule is CCCCCNC=O.Clc1csnc1Cl. The molecule has 3 nitrogen and oxygen atoms in total. The van der Waals surface area contributed by atoms with Gasteiger partial charge in [-0.2, -0.15) is 4.37 Å². The molecule has 0 aliphatic heterocycles. The number of hydrogen-bond donors (Lipinski definition) is 1. The number of amides is 1. The molecule has 0 saturated heterocycles. The van der Waals surface area contributed by atoms with Gasteiger partial charge in [0, 0.05) is 11.9 Å². The van der Waals surface area contributed by atoms with Crippen LogP contribution >= 0.6 is 34.7 Å². The quantitative estimate of drug-likeness (QED) is 0.657. The van der Waals surface area contributed by atoms with E-state index < -0.39 is 0 Å². The van der Waals surface area contributed by atoms with Gasteiger partial charge in [-0.3, -0.25) is 4.79 Å². The topological polar surface area (TPSA) is 42.0 Å². The third-order valence-electron chi connectivity index (χ3n) is 1.49. The molecule has 0 bridgehead atoms. The zero-order chi connectivity index (χ0) is 11.5. The predicted molar refractivity (Wildman–Crippen MR) is 65.7 cm³/mol. The molecule has 1 aromatic rings. The lowest BCUT2D eigenvalue weighted by atomic mass is 10.2. The fourth-order valence-corrected chi connectivity index (χ4v) is 1.65. The third-order valence-corrected chi connectivity index (χ3v) is 3.03. The Morgan fingerprint density at radius 1 is 1.53 bits per heavy atom. The van der Waals surface area contributed by atoms with Crippen molar-refractivity contribution in [2.75, 3.05) is 6.54 Å². The largest absolute Gasteiger partial charge is 0.359 e. The molecule has 0 atom stereocenters. The van der Waals surface area contributed by atoms with Crippen LogP contribution in [0.5, 0.6) is 0 Å². The standard InChI is InChI=1S/C6H13NO.C3HCl2NS/c1-2-3-4-5-7-6-8;4-2-1-7-6-3(2)5/h6H,2-5H2,1H3,(H,7,8);1H. The molecule has 0 unspecified atom stereocenters. The minimum atomic E-state index is 0.395. The zero-order valence-corrected chi connectivity index (χ0v) is 10.8. The fourth-order valence-electron chi connectivity index (χ4n) is 0.747. The number of hydrogen-bond acceptors (Lipinski definition) is 3. The second kappa shape index (κ2) is 10.2. The summed E-state index contributed by atoms with van der Waals surface area (Å²) in [5.41, 5.74) is 0. The molecule has 1 aromatic heterocycles. The second-order valence-electron chi connectivity index (χ2n) is 2.73. The van der Waals surface area contributed by atoms with E-state index >= 15 is 0 Å². The number of aromatic nitrogens is 1. The number of carbonyl (C=O) groups is 1. The molecule has 1 amide bonds. The Bertz CT molecular complexity index is 252. The molecule has 15 heavy (non-hydrogen) atoms. The molecule has 1 heterocycles. The highest BCUT2D eigenvalue weighted by atomic mass is 35.5. The van der Waals surface area contributed by atoms with Gasteiger partial charge in [-0.05, 0) is 18.0 Å². The van der Waals surface area contributed by atoms with Gasteiger partial charge >= 0.3 is 0 Å². The molecule has 0 aromatic carbocycles. The van der Waals surface area contributed by atoms with Crippen LogP contribution in [0.2, 0.25) is 10.2 Å². The Kier molecular flexibility index (Phi) is 9.99. The fraction of sp³-hybridized carbons (Fsp3) is 0.556. The normalized spacial score (nSPS) is 9.00. The maximum absolute atomic E-state index is 9.66. The van der Waals surface area contributed by atoms with Crippen molar-refractivity contribution in [3.05, 3.63) is 15.6 Å². The van der Waals surface area contributed by atoms with E-state index in [0.29, 0.717) is 10.2 Å². The van der Waals surface area contributed by atoms with Gasteiger partial charge in [0.25, 0.3) is 0 Å². The van der Waals surface area contributed by atoms with E-state index in [1.54, 1.807) is 5.38 Å². The Balaban J connectivity index is 0.000000262. The zero-order valence-electron chi connectivity index (χ0n) is 8.50. The van der Waals surface area contributed by atoms with Crippen LogP contribution in [0.25, 0.3) is 0 Å². The van der Waals surface area contributed by atoms with E-state index in [1.165, 1.54) is 24.4 Å². The van der Waals surface area contributed by atoms with Gasteiger partial charge in [-0.1, -0.05) is 43.0 Å². The molecule has 86 valence electrons. The van der Waals surface area contributed by atoms with E-state index in [9.17, 15) is 4.79 Å². The lowest BCUT2D eigenvalue weighted by molar-refractivity contribution is -0.109. The van der Waals surface area contributed by atoms with Crippen LogP contribution < -0.4 is 5.32 Å². The number of halogens is 2. The van der Waals surface area contributed by atoms with E-state index in [2.05, 4.69) is 16.6 Å². The summed E-state index contributed by atoms with van der Waals surface area (Å²) in [6.45, 7) is 2.97. The van der Waals surface area contributed by atoms with Gasteiger partial charge in [0.05, 0.1) is 5.02 Å². The molecule has 0 radical (unpaired) electrons. The minimum absolute atomic E-state index is 0.395. The van der Waals surface area contributed by atoms with Gasteiger partial charge in [0.2, 0.25) is 6.41 Å². The van der Waals surface area contributed by atoms with Gasteiger partial charge in [0.1, 0.15) is 0 Å². The van der Waals surface area contributed by atoms with Gasteiger partial charge in [-0.25, -0.2) is 0 Å². The summed E-state index contributed by atoms with van der Waals surface area (Å²) in [6.07, 6.45) is 4.27. The molecule has 0 saturated carbocycles. The van der Waals surface area contributed by atoms with Crippen molar-refractivity contribution in [1.82, 2.24) is 9.69 Å². The van der Waals surface area contributed by atoms with E-state index in [-0.39, 0.29) is 0 Å². The number of nitrogens with zero attached hydrogens (tertiary/aromatic N) is 1. The van der Waals surface area contributed by atoms with Crippen LogP contribution in [-0.4, -0.2) is 17.3 Å². The molecule has 0 aliphatic carbocycles. The molecule has 0 spiro atoms. The average molecular weight is 269 g/mol. The number of carbonyl (C=O) groups excluding carboxylic acids is 1. The number of nitrogens with one attached hydrogen (secondary N) is 1. The van der Waals surface area contributed by atoms with Crippen molar-refractivity contribution >= 4 is 41.1 Å². The first-order valence-electron chi connectivity index (χ1n) is 4.64. The lowest BCUT2D eigenvalue weighted by Crippen LogP contribution is -2.11. The molecule has 0 aliphatic rings. The maximum Gasteiger partial charge on any atom is 0.207 e. The Morgan fingerprint density at radius 2 is 2.27 bits per heavy atom. The van der Waals surface area contributed by atoms with Gasteiger partial charge in [0.15, 0.2) is 5.15 Å². The van der Waals surface area contributed by atoms with Crippen molar-refractivity contribution in [2.24, 2.45) is 0 Å². The van der Waals surface area contributed by atoms with Crippen molar-refractivity contribution in [2.45, 2.75) is 26.2 Å². The summed E-state index contributed by atoms with van der Waals surface area (Å²) in [6, 6.07) is 0. The Hall–Kier alpha value is -0.320. The molecule has 1 rings (SSSR count). The first kappa shape index (κ1) is 14.7. The third kappa shape index (κ3) is 8.66. The minimum Gasteiger partial charge on any atom is -0.359 e. The van der Waals surface area contributed by atoms with Crippen LogP contribution in [0.15, 0.2) is 5.38 Å². The average Bonchev–Trinajstić information content (AvgIpc) is 2.60. The summed E-state index contributed by atoms with van der Waals surface area (Å²) in [7, 11) is 0. The van der Waals surface area contributed by atoms with E-state index in [4.69, 9.17) is 23.2 Å². The summed E-state index contributed by atoms with van der Waals surface area (Å²) in [5.74, 6) is 0. The molecular formula is C9H14Cl2N2OS. The molecule has 0 fully saturated rings. The summed E-state index contributed by atoms with van der Waals surface area (Å²) in [4.78, 5) is 9.66. The Labute approximate surface area is 104 Å². The Morgan fingerprint density at radius 3 is 2.60 bits per heavy atom. The smallest absolute Gasteiger partial charge is 0.207 e. The van der Waals surface area contributed by atoms with Crippen LogP contribution in [0.4, 0.5) is 0 Å². The van der Waals surface area contributed by atoms with Crippen LogP contribution in [0, 0.1) is 0 Å². The van der Waals surface area contributed by atoms with Crippen LogP contribution in [0.1, 0.15) is 26.2 Å². The van der Waals surface area contributed by atoms with Crippen molar-refractivity contribution in [1.29, 1.82) is 0 Å². The number of rotatable bonds is 5. The highest BCUT2D eigenvalue weighted by molar-refractivity contribution is 7.04. The predicted octanol–water partition coefficient (Wildman–Crippen LogP) is 3.37. The van der Waals surface area contributed by atoms with Gasteiger partial charge in [-0.15, -0.1) is 0 Å². The molecular weight excluding hydrogens is 255 g/mol. The highest BCUT2D eigenvalue weighted by Crippen LogP contribution is 2.20. The van der Waals surface area contributed by atoms with E-state index in [1.807, 2.05) is 0 Å². The van der Waals surface area contributed by atoms with Crippen LogP contribution in [0.3, 0.4) is 0 Å². The van der Waals surface area contributed by atoms with Crippen molar-refractivity contribution < 1.29 is 4.79 Å². The van der Waals surface area contributed by atoms with Gasteiger partial charge < -0.3 is 5.32 Å². The van der Waals surface area contributed by atoms with Crippen molar-refractivity contribution in [3.63, 3.8) is 0 Å². The molecule has 1 N–H and O–H groups in total.